The predicted molar refractivity (Wildman–Crippen MR) is 75.8 cm³/mol. The summed E-state index contributed by atoms with van der Waals surface area (Å²) in [6, 6.07) is 3.59. The van der Waals surface area contributed by atoms with Gasteiger partial charge in [-0.3, -0.25) is 14.9 Å². The van der Waals surface area contributed by atoms with Gasteiger partial charge in [0.2, 0.25) is 0 Å². The van der Waals surface area contributed by atoms with Crippen LogP contribution in [-0.2, 0) is 0 Å². The Morgan fingerprint density at radius 2 is 2.10 bits per heavy atom. The molecule has 0 aliphatic heterocycles. The molecule has 1 rings (SSSR count). The number of nitro benzene ring substituents is 1. The summed E-state index contributed by atoms with van der Waals surface area (Å²) in [6.45, 7) is 6.11. The predicted octanol–water partition coefficient (Wildman–Crippen LogP) is 2.85. The molecule has 6 nitrogen and oxygen atoms in total. The standard InChI is InChI=1S/C14H20N2O4/c1-4-9(2)7-10(3)15-14(18)11-5-6-12(16(19)20)13(17)8-11/h5-6,8-10,17H,4,7H2,1-3H3,(H,15,18). The van der Waals surface area contributed by atoms with Gasteiger partial charge in [-0.25, -0.2) is 0 Å². The van der Waals surface area contributed by atoms with Crippen molar-refractivity contribution in [1.82, 2.24) is 5.32 Å². The summed E-state index contributed by atoms with van der Waals surface area (Å²) in [6.07, 6.45) is 1.90. The Labute approximate surface area is 118 Å². The fraction of sp³-hybridized carbons (Fsp3) is 0.500. The van der Waals surface area contributed by atoms with Gasteiger partial charge in [-0.2, -0.15) is 0 Å². The highest BCUT2D eigenvalue weighted by molar-refractivity contribution is 5.95. The highest BCUT2D eigenvalue weighted by Crippen LogP contribution is 2.26. The molecule has 0 fully saturated rings. The Kier molecular flexibility index (Phi) is 5.49. The number of nitrogens with zero attached hydrogens (tertiary/aromatic N) is 1. The first-order valence-electron chi connectivity index (χ1n) is 6.63. The number of hydrogen-bond acceptors (Lipinski definition) is 4. The zero-order chi connectivity index (χ0) is 15.3. The third-order valence-electron chi connectivity index (χ3n) is 3.26. The lowest BCUT2D eigenvalue weighted by Gasteiger charge is -2.17. The van der Waals surface area contributed by atoms with Crippen molar-refractivity contribution in [3.63, 3.8) is 0 Å². The first kappa shape index (κ1) is 15.9. The van der Waals surface area contributed by atoms with E-state index in [0.717, 1.165) is 25.0 Å². The molecule has 0 aliphatic carbocycles. The maximum atomic E-state index is 12.0. The van der Waals surface area contributed by atoms with Crippen molar-refractivity contribution in [3.8, 4) is 5.75 Å². The third-order valence-corrected chi connectivity index (χ3v) is 3.26. The summed E-state index contributed by atoms with van der Waals surface area (Å²) in [5.41, 5.74) is -0.196. The summed E-state index contributed by atoms with van der Waals surface area (Å²) in [4.78, 5) is 21.9. The van der Waals surface area contributed by atoms with E-state index in [-0.39, 0.29) is 17.5 Å². The van der Waals surface area contributed by atoms with Crippen LogP contribution in [0, 0.1) is 16.0 Å². The lowest BCUT2D eigenvalue weighted by molar-refractivity contribution is -0.385. The molecule has 2 unspecified atom stereocenters. The van der Waals surface area contributed by atoms with Gasteiger partial charge in [-0.1, -0.05) is 20.3 Å². The average molecular weight is 280 g/mol. The minimum atomic E-state index is -0.692. The van der Waals surface area contributed by atoms with Crippen molar-refractivity contribution in [2.45, 2.75) is 39.7 Å². The van der Waals surface area contributed by atoms with Crippen LogP contribution in [0.3, 0.4) is 0 Å². The molecule has 0 aliphatic rings. The van der Waals surface area contributed by atoms with Gasteiger partial charge in [0.25, 0.3) is 5.91 Å². The molecule has 0 saturated carbocycles. The molecule has 2 atom stereocenters. The number of benzene rings is 1. The molecule has 0 radical (unpaired) electrons. The SMILES string of the molecule is CCC(C)CC(C)NC(=O)c1ccc([N+](=O)[O-])c(O)c1. The van der Waals surface area contributed by atoms with Crippen LogP contribution in [0.5, 0.6) is 5.75 Å². The fourth-order valence-corrected chi connectivity index (χ4v) is 1.96. The lowest BCUT2D eigenvalue weighted by Crippen LogP contribution is -2.33. The Morgan fingerprint density at radius 3 is 2.60 bits per heavy atom. The van der Waals surface area contributed by atoms with Gasteiger partial charge in [0.05, 0.1) is 4.92 Å². The van der Waals surface area contributed by atoms with E-state index in [2.05, 4.69) is 19.2 Å². The number of aromatic hydroxyl groups is 1. The summed E-state index contributed by atoms with van der Waals surface area (Å²) in [5, 5.41) is 22.9. The highest BCUT2D eigenvalue weighted by atomic mass is 16.6. The second-order valence-corrected chi connectivity index (χ2v) is 5.08. The van der Waals surface area contributed by atoms with Crippen LogP contribution in [0.1, 0.15) is 44.0 Å². The minimum Gasteiger partial charge on any atom is -0.502 e. The summed E-state index contributed by atoms with van der Waals surface area (Å²) in [5.74, 6) is -0.334. The number of nitrogens with one attached hydrogen (secondary N) is 1. The number of carbonyl (C=O) groups is 1. The molecular weight excluding hydrogens is 260 g/mol. The highest BCUT2D eigenvalue weighted by Gasteiger charge is 2.17. The Hall–Kier alpha value is -2.11. The van der Waals surface area contributed by atoms with Gasteiger partial charge in [-0.05, 0) is 31.4 Å². The molecule has 1 amide bonds. The zero-order valence-electron chi connectivity index (χ0n) is 11.9. The van der Waals surface area contributed by atoms with Crippen LogP contribution in [0.15, 0.2) is 18.2 Å². The largest absolute Gasteiger partial charge is 0.502 e. The first-order chi connectivity index (χ1) is 9.35. The molecule has 1 aromatic carbocycles. The number of amides is 1. The maximum absolute atomic E-state index is 12.0. The van der Waals surface area contributed by atoms with E-state index in [1.807, 2.05) is 6.92 Å². The van der Waals surface area contributed by atoms with E-state index in [4.69, 9.17) is 0 Å². The molecule has 0 saturated heterocycles. The second kappa shape index (κ2) is 6.88. The lowest BCUT2D eigenvalue weighted by atomic mass is 10.00. The molecule has 110 valence electrons. The molecule has 0 heterocycles. The Morgan fingerprint density at radius 1 is 1.45 bits per heavy atom. The van der Waals surface area contributed by atoms with E-state index in [1.54, 1.807) is 0 Å². The molecule has 0 spiro atoms. The van der Waals surface area contributed by atoms with Crippen molar-refractivity contribution in [3.05, 3.63) is 33.9 Å². The number of carbonyl (C=O) groups excluding carboxylic acids is 1. The maximum Gasteiger partial charge on any atom is 0.310 e. The molecule has 2 N–H and O–H groups in total. The monoisotopic (exact) mass is 280 g/mol. The quantitative estimate of drug-likeness (QED) is 0.619. The van der Waals surface area contributed by atoms with Crippen LogP contribution < -0.4 is 5.32 Å². The van der Waals surface area contributed by atoms with Crippen LogP contribution in [0.25, 0.3) is 0 Å². The van der Waals surface area contributed by atoms with Crippen molar-refractivity contribution in [2.24, 2.45) is 5.92 Å². The molecule has 0 aromatic heterocycles. The van der Waals surface area contributed by atoms with E-state index in [9.17, 15) is 20.0 Å². The van der Waals surface area contributed by atoms with Crippen LogP contribution >= 0.6 is 0 Å². The second-order valence-electron chi connectivity index (χ2n) is 5.08. The Bertz CT molecular complexity index is 502. The van der Waals surface area contributed by atoms with Crippen LogP contribution in [0.4, 0.5) is 5.69 Å². The summed E-state index contributed by atoms with van der Waals surface area (Å²) in [7, 11) is 0. The van der Waals surface area contributed by atoms with Gasteiger partial charge in [0.1, 0.15) is 0 Å². The van der Waals surface area contributed by atoms with E-state index in [0.29, 0.717) is 5.92 Å². The fourth-order valence-electron chi connectivity index (χ4n) is 1.96. The number of nitro groups is 1. The molecule has 20 heavy (non-hydrogen) atoms. The van der Waals surface area contributed by atoms with Gasteiger partial charge in [0.15, 0.2) is 5.75 Å². The minimum absolute atomic E-state index is 0.00906. The topological polar surface area (TPSA) is 92.5 Å². The number of hydrogen-bond donors (Lipinski definition) is 2. The molecule has 6 heteroatoms. The Balaban J connectivity index is 2.73. The van der Waals surface area contributed by atoms with Crippen LogP contribution in [0.2, 0.25) is 0 Å². The van der Waals surface area contributed by atoms with E-state index in [1.165, 1.54) is 6.07 Å². The van der Waals surface area contributed by atoms with Crippen molar-refractivity contribution < 1.29 is 14.8 Å². The van der Waals surface area contributed by atoms with Gasteiger partial charge in [-0.15, -0.1) is 0 Å². The number of rotatable bonds is 6. The van der Waals surface area contributed by atoms with Crippen molar-refractivity contribution >= 4 is 11.6 Å². The van der Waals surface area contributed by atoms with Crippen LogP contribution in [-0.4, -0.2) is 22.0 Å². The molecule has 0 bridgehead atoms. The summed E-state index contributed by atoms with van der Waals surface area (Å²) >= 11 is 0. The van der Waals surface area contributed by atoms with Gasteiger partial charge in [0, 0.05) is 17.7 Å². The zero-order valence-corrected chi connectivity index (χ0v) is 11.9. The van der Waals surface area contributed by atoms with E-state index < -0.39 is 16.4 Å². The smallest absolute Gasteiger partial charge is 0.310 e. The third kappa shape index (κ3) is 4.22. The van der Waals surface area contributed by atoms with Gasteiger partial charge < -0.3 is 10.4 Å². The normalized spacial score (nSPS) is 13.6. The number of phenolic OH excluding ortho intramolecular Hbond substituents is 1. The number of phenols is 1. The molecule has 1 aromatic rings. The van der Waals surface area contributed by atoms with Crippen molar-refractivity contribution in [1.29, 1.82) is 0 Å². The summed E-state index contributed by atoms with van der Waals surface area (Å²) < 4.78 is 0. The van der Waals surface area contributed by atoms with Crippen molar-refractivity contribution in [2.75, 3.05) is 0 Å². The molecular formula is C14H20N2O4. The first-order valence-corrected chi connectivity index (χ1v) is 6.63. The van der Waals surface area contributed by atoms with E-state index >= 15 is 0 Å². The average Bonchev–Trinajstić information content (AvgIpc) is 2.37. The van der Waals surface area contributed by atoms with Gasteiger partial charge >= 0.3 is 5.69 Å².